The Balaban J connectivity index is 1.61. The van der Waals surface area contributed by atoms with Gasteiger partial charge in [-0.05, 0) is 78.7 Å². The number of hydrogen-bond donors (Lipinski definition) is 0. The molecule has 0 unspecified atom stereocenters. The van der Waals surface area contributed by atoms with E-state index < -0.39 is 11.6 Å². The molecule has 0 aliphatic heterocycles. The molecular formula is C25H29F3. The second kappa shape index (κ2) is 9.45. The van der Waals surface area contributed by atoms with Gasteiger partial charge in [-0.1, -0.05) is 56.7 Å². The molecule has 1 saturated carbocycles. The van der Waals surface area contributed by atoms with Crippen LogP contribution in [0.3, 0.4) is 0 Å². The molecule has 2 aromatic rings. The van der Waals surface area contributed by atoms with Crippen molar-refractivity contribution < 1.29 is 13.2 Å². The normalized spacial score (nSPS) is 20.0. The number of aryl methyl sites for hydroxylation is 2. The van der Waals surface area contributed by atoms with Crippen molar-refractivity contribution in [3.05, 3.63) is 76.1 Å². The smallest absolute Gasteiger partial charge is 0.162 e. The number of allylic oxidation sites excluding steroid dienone is 1. The van der Waals surface area contributed by atoms with Crippen molar-refractivity contribution in [2.75, 3.05) is 0 Å². The maximum Gasteiger partial charge on any atom is 0.162 e. The van der Waals surface area contributed by atoms with E-state index in [1.165, 1.54) is 0 Å². The minimum atomic E-state index is -0.685. The lowest BCUT2D eigenvalue weighted by Crippen LogP contribution is -2.14. The quantitative estimate of drug-likeness (QED) is 0.479. The second-order valence-electron chi connectivity index (χ2n) is 7.87. The first-order chi connectivity index (χ1) is 13.5. The van der Waals surface area contributed by atoms with Crippen LogP contribution in [0, 0.1) is 23.4 Å². The summed E-state index contributed by atoms with van der Waals surface area (Å²) in [5.74, 6) is -1.01. The summed E-state index contributed by atoms with van der Waals surface area (Å²) in [4.78, 5) is 0. The fourth-order valence-electron chi connectivity index (χ4n) is 4.20. The summed E-state index contributed by atoms with van der Waals surface area (Å²) in [5.41, 5.74) is 2.60. The molecule has 1 fully saturated rings. The van der Waals surface area contributed by atoms with Gasteiger partial charge in [0.25, 0.3) is 0 Å². The van der Waals surface area contributed by atoms with Crippen molar-refractivity contribution in [2.24, 2.45) is 5.92 Å². The van der Waals surface area contributed by atoms with Gasteiger partial charge in [-0.3, -0.25) is 0 Å². The molecule has 0 amide bonds. The molecule has 0 nitrogen and oxygen atoms in total. The van der Waals surface area contributed by atoms with Crippen LogP contribution >= 0.6 is 0 Å². The van der Waals surface area contributed by atoms with E-state index in [-0.39, 0.29) is 11.7 Å². The number of halogens is 3. The van der Waals surface area contributed by atoms with E-state index in [0.29, 0.717) is 23.5 Å². The van der Waals surface area contributed by atoms with E-state index in [4.69, 9.17) is 0 Å². The lowest BCUT2D eigenvalue weighted by atomic mass is 9.78. The van der Waals surface area contributed by atoms with Crippen molar-refractivity contribution in [1.29, 1.82) is 0 Å². The predicted molar refractivity (Wildman–Crippen MR) is 110 cm³/mol. The number of benzene rings is 2. The van der Waals surface area contributed by atoms with E-state index in [9.17, 15) is 13.2 Å². The van der Waals surface area contributed by atoms with E-state index in [1.54, 1.807) is 18.2 Å². The van der Waals surface area contributed by atoms with Crippen molar-refractivity contribution in [3.63, 3.8) is 0 Å². The largest absolute Gasteiger partial charge is 0.207 e. The van der Waals surface area contributed by atoms with Crippen LogP contribution in [0.5, 0.6) is 0 Å². The van der Waals surface area contributed by atoms with E-state index in [0.717, 1.165) is 49.7 Å². The molecule has 0 radical (unpaired) electrons. The van der Waals surface area contributed by atoms with Crippen LogP contribution in [0.15, 0.2) is 36.4 Å². The van der Waals surface area contributed by atoms with Crippen molar-refractivity contribution in [2.45, 2.75) is 64.7 Å². The third kappa shape index (κ3) is 4.68. The predicted octanol–water partition coefficient (Wildman–Crippen LogP) is 7.61. The van der Waals surface area contributed by atoms with E-state index in [1.807, 2.05) is 32.1 Å². The highest BCUT2D eigenvalue weighted by Crippen LogP contribution is 2.38. The van der Waals surface area contributed by atoms with Crippen molar-refractivity contribution >= 4 is 6.08 Å². The molecule has 150 valence electrons. The summed E-state index contributed by atoms with van der Waals surface area (Å²) in [6.07, 6.45) is 9.89. The molecule has 0 N–H and O–H groups in total. The van der Waals surface area contributed by atoms with E-state index >= 15 is 0 Å². The van der Waals surface area contributed by atoms with Gasteiger partial charge in [0.1, 0.15) is 5.82 Å². The Bertz CT molecular complexity index is 830. The monoisotopic (exact) mass is 386 g/mol. The molecular weight excluding hydrogens is 357 g/mol. The highest BCUT2D eigenvalue weighted by molar-refractivity contribution is 5.50. The summed E-state index contributed by atoms with van der Waals surface area (Å²) >= 11 is 0. The lowest BCUT2D eigenvalue weighted by molar-refractivity contribution is 0.364. The SMILES string of the molecule is CCCc1ccc(C=CC2CCC(c3ccc(CC)c(F)c3F)CC2)cc1F. The summed E-state index contributed by atoms with van der Waals surface area (Å²) in [6.45, 7) is 3.88. The molecule has 2 aromatic carbocycles. The Kier molecular flexibility index (Phi) is 6.98. The Morgan fingerprint density at radius 2 is 1.61 bits per heavy atom. The summed E-state index contributed by atoms with van der Waals surface area (Å²) in [5, 5.41) is 0. The highest BCUT2D eigenvalue weighted by atomic mass is 19.2. The molecule has 0 aromatic heterocycles. The third-order valence-corrected chi connectivity index (χ3v) is 5.94. The average molecular weight is 387 g/mol. The zero-order chi connectivity index (χ0) is 20.1. The maximum atomic E-state index is 14.4. The number of rotatable bonds is 6. The zero-order valence-electron chi connectivity index (χ0n) is 16.8. The molecule has 0 atom stereocenters. The zero-order valence-corrected chi connectivity index (χ0v) is 16.8. The summed E-state index contributed by atoms with van der Waals surface area (Å²) < 4.78 is 42.6. The highest BCUT2D eigenvalue weighted by Gasteiger charge is 2.25. The molecule has 28 heavy (non-hydrogen) atoms. The van der Waals surface area contributed by atoms with Gasteiger partial charge in [0.2, 0.25) is 0 Å². The molecule has 3 rings (SSSR count). The topological polar surface area (TPSA) is 0 Å². The third-order valence-electron chi connectivity index (χ3n) is 5.94. The molecule has 0 spiro atoms. The maximum absolute atomic E-state index is 14.4. The standard InChI is InChI=1S/C25H29F3/c1-3-5-21-13-10-18(16-23(21)26)7-6-17-8-11-20(12-9-17)22-15-14-19(4-2)24(27)25(22)28/h6-7,10,13-17,20H,3-5,8-9,11-12H2,1-2H3. The first kappa shape index (κ1) is 20.7. The molecule has 0 heterocycles. The molecule has 1 aliphatic rings. The van der Waals surface area contributed by atoms with Crippen molar-refractivity contribution in [1.82, 2.24) is 0 Å². The minimum absolute atomic E-state index is 0.0795. The van der Waals surface area contributed by atoms with E-state index in [2.05, 4.69) is 6.08 Å². The van der Waals surface area contributed by atoms with Gasteiger partial charge in [0.15, 0.2) is 11.6 Å². The fourth-order valence-corrected chi connectivity index (χ4v) is 4.20. The van der Waals surface area contributed by atoms with Gasteiger partial charge < -0.3 is 0 Å². The molecule has 1 aliphatic carbocycles. The Hall–Kier alpha value is -2.03. The average Bonchev–Trinajstić information content (AvgIpc) is 2.71. The summed E-state index contributed by atoms with van der Waals surface area (Å²) in [7, 11) is 0. The minimum Gasteiger partial charge on any atom is -0.207 e. The Morgan fingerprint density at radius 1 is 0.893 bits per heavy atom. The second-order valence-corrected chi connectivity index (χ2v) is 7.87. The van der Waals surface area contributed by atoms with Gasteiger partial charge in [-0.15, -0.1) is 0 Å². The fraction of sp³-hybridized carbons (Fsp3) is 0.440. The van der Waals surface area contributed by atoms with Crippen LogP contribution in [-0.4, -0.2) is 0 Å². The van der Waals surface area contributed by atoms with Crippen LogP contribution in [0.1, 0.15) is 74.1 Å². The van der Waals surface area contributed by atoms with Crippen LogP contribution in [0.4, 0.5) is 13.2 Å². The Morgan fingerprint density at radius 3 is 2.25 bits per heavy atom. The lowest BCUT2D eigenvalue weighted by Gasteiger charge is -2.27. The molecule has 0 saturated heterocycles. The van der Waals surface area contributed by atoms with Gasteiger partial charge in [0.05, 0.1) is 0 Å². The van der Waals surface area contributed by atoms with Crippen LogP contribution in [0.25, 0.3) is 6.08 Å². The summed E-state index contributed by atoms with van der Waals surface area (Å²) in [6, 6.07) is 8.91. The Labute approximate surface area is 166 Å². The van der Waals surface area contributed by atoms with Crippen molar-refractivity contribution in [3.8, 4) is 0 Å². The number of hydrogen-bond acceptors (Lipinski definition) is 0. The molecule has 3 heteroatoms. The molecule has 0 bridgehead atoms. The van der Waals surface area contributed by atoms with Gasteiger partial charge in [-0.2, -0.15) is 0 Å². The van der Waals surface area contributed by atoms with Crippen LogP contribution in [0.2, 0.25) is 0 Å². The van der Waals surface area contributed by atoms with Crippen LogP contribution < -0.4 is 0 Å². The van der Waals surface area contributed by atoms with Crippen LogP contribution in [-0.2, 0) is 12.8 Å². The first-order valence-corrected chi connectivity index (χ1v) is 10.5. The van der Waals surface area contributed by atoms with Gasteiger partial charge in [-0.25, -0.2) is 13.2 Å². The van der Waals surface area contributed by atoms with Gasteiger partial charge >= 0.3 is 0 Å². The first-order valence-electron chi connectivity index (χ1n) is 10.5. The van der Waals surface area contributed by atoms with Gasteiger partial charge in [0, 0.05) is 0 Å².